The van der Waals surface area contributed by atoms with Crippen LogP contribution in [0.5, 0.6) is 17.2 Å². The minimum atomic E-state index is -0.748. The molecule has 0 bridgehead atoms. The molecule has 0 spiro atoms. The zero-order chi connectivity index (χ0) is 22.7. The van der Waals surface area contributed by atoms with E-state index < -0.39 is 12.1 Å². The van der Waals surface area contributed by atoms with Crippen LogP contribution >= 0.6 is 11.6 Å². The summed E-state index contributed by atoms with van der Waals surface area (Å²) in [4.78, 5) is 25.5. The third-order valence-corrected chi connectivity index (χ3v) is 5.22. The van der Waals surface area contributed by atoms with Gasteiger partial charge in [-0.3, -0.25) is 4.79 Å². The van der Waals surface area contributed by atoms with E-state index in [4.69, 9.17) is 25.8 Å². The lowest BCUT2D eigenvalue weighted by molar-refractivity contribution is -0.113. The molecule has 0 fully saturated rings. The minimum Gasteiger partial charge on any atom is -0.493 e. The third-order valence-electron chi connectivity index (χ3n) is 4.98. The van der Waals surface area contributed by atoms with Crippen molar-refractivity contribution in [3.8, 4) is 17.2 Å². The fourth-order valence-electron chi connectivity index (χ4n) is 3.43. The van der Waals surface area contributed by atoms with Gasteiger partial charge in [0.2, 0.25) is 5.75 Å². The van der Waals surface area contributed by atoms with Gasteiger partial charge in [-0.25, -0.2) is 4.79 Å². The maximum atomic E-state index is 13.3. The van der Waals surface area contributed by atoms with Gasteiger partial charge < -0.3 is 30.2 Å². The molecule has 8 nitrogen and oxygen atoms in total. The Morgan fingerprint density at radius 3 is 2.26 bits per heavy atom. The molecule has 31 heavy (non-hydrogen) atoms. The fourth-order valence-corrected chi connectivity index (χ4v) is 3.60. The monoisotopic (exact) mass is 445 g/mol. The molecule has 1 heterocycles. The highest BCUT2D eigenvalue weighted by Gasteiger charge is 2.33. The van der Waals surface area contributed by atoms with Crippen LogP contribution < -0.4 is 30.2 Å². The Morgan fingerprint density at radius 1 is 1.03 bits per heavy atom. The quantitative estimate of drug-likeness (QED) is 0.625. The summed E-state index contributed by atoms with van der Waals surface area (Å²) in [5.74, 6) is 0.852. The van der Waals surface area contributed by atoms with Crippen molar-refractivity contribution in [3.63, 3.8) is 0 Å². The molecule has 9 heteroatoms. The molecule has 0 radical (unpaired) electrons. The molecule has 1 aliphatic rings. The fraction of sp³-hybridized carbons (Fsp3) is 0.273. The van der Waals surface area contributed by atoms with Crippen molar-refractivity contribution in [3.05, 3.63) is 57.8 Å². The number of allylic oxidation sites excluding steroid dienone is 1. The number of urea groups is 1. The number of rotatable bonds is 6. The van der Waals surface area contributed by atoms with Crippen molar-refractivity contribution in [1.29, 1.82) is 0 Å². The number of aryl methyl sites for hydroxylation is 1. The number of carbonyl (C=O) groups excluding carboxylic acids is 2. The van der Waals surface area contributed by atoms with E-state index in [1.807, 2.05) is 13.0 Å². The SMILES string of the molecule is COc1cc([C@@H]2NC(=O)NC(C)=C2C(=O)Nc2cc(Cl)ccc2C)cc(OC)c1OC. The second-order valence-electron chi connectivity index (χ2n) is 6.94. The largest absolute Gasteiger partial charge is 0.493 e. The number of halogens is 1. The van der Waals surface area contributed by atoms with Crippen molar-refractivity contribution in [2.45, 2.75) is 19.9 Å². The molecule has 0 saturated carbocycles. The summed E-state index contributed by atoms with van der Waals surface area (Å²) >= 11 is 6.08. The molecule has 0 saturated heterocycles. The van der Waals surface area contributed by atoms with Crippen molar-refractivity contribution in [2.24, 2.45) is 0 Å². The van der Waals surface area contributed by atoms with Crippen LogP contribution in [0, 0.1) is 6.92 Å². The first-order valence-corrected chi connectivity index (χ1v) is 9.82. The standard InChI is InChI=1S/C22H24ClN3O5/c1-11-6-7-14(23)10-15(11)25-21(27)18-12(2)24-22(28)26-19(18)13-8-16(29-3)20(31-5)17(9-13)30-4/h6-10,19H,1-5H3,(H,25,27)(H2,24,26,28)/t19-/m0/s1. The third kappa shape index (κ3) is 4.54. The summed E-state index contributed by atoms with van der Waals surface area (Å²) < 4.78 is 16.2. The molecule has 3 N–H and O–H groups in total. The van der Waals surface area contributed by atoms with E-state index in [0.717, 1.165) is 5.56 Å². The average Bonchev–Trinajstić information content (AvgIpc) is 2.74. The van der Waals surface area contributed by atoms with E-state index >= 15 is 0 Å². The lowest BCUT2D eigenvalue weighted by Gasteiger charge is -2.29. The van der Waals surface area contributed by atoms with E-state index in [9.17, 15) is 9.59 Å². The van der Waals surface area contributed by atoms with Crippen LogP contribution in [0.2, 0.25) is 5.02 Å². The smallest absolute Gasteiger partial charge is 0.319 e. The summed E-state index contributed by atoms with van der Waals surface area (Å²) in [7, 11) is 4.50. The number of hydrogen-bond acceptors (Lipinski definition) is 5. The van der Waals surface area contributed by atoms with E-state index in [0.29, 0.717) is 44.8 Å². The molecule has 2 aromatic carbocycles. The van der Waals surface area contributed by atoms with E-state index in [-0.39, 0.29) is 5.91 Å². The number of carbonyl (C=O) groups is 2. The van der Waals surface area contributed by atoms with Crippen LogP contribution in [0.3, 0.4) is 0 Å². The van der Waals surface area contributed by atoms with Gasteiger partial charge in [-0.2, -0.15) is 0 Å². The van der Waals surface area contributed by atoms with Gasteiger partial charge in [-0.05, 0) is 49.2 Å². The number of ether oxygens (including phenoxy) is 3. The molecular formula is C22H24ClN3O5. The van der Waals surface area contributed by atoms with Gasteiger partial charge in [0.25, 0.3) is 5.91 Å². The summed E-state index contributed by atoms with van der Waals surface area (Å²) in [5.41, 5.74) is 2.80. The average molecular weight is 446 g/mol. The number of nitrogens with one attached hydrogen (secondary N) is 3. The molecule has 1 aliphatic heterocycles. The summed E-state index contributed by atoms with van der Waals surface area (Å²) in [6.07, 6.45) is 0. The van der Waals surface area contributed by atoms with Crippen LogP contribution in [0.4, 0.5) is 10.5 Å². The lowest BCUT2D eigenvalue weighted by Crippen LogP contribution is -2.46. The number of amides is 3. The Balaban J connectivity index is 2.06. The lowest BCUT2D eigenvalue weighted by atomic mass is 9.94. The number of anilines is 1. The van der Waals surface area contributed by atoms with Crippen molar-refractivity contribution in [1.82, 2.24) is 10.6 Å². The first kappa shape index (κ1) is 22.3. The minimum absolute atomic E-state index is 0.341. The topological polar surface area (TPSA) is 97.9 Å². The Bertz CT molecular complexity index is 1040. The van der Waals surface area contributed by atoms with Crippen molar-refractivity contribution in [2.75, 3.05) is 26.6 Å². The van der Waals surface area contributed by atoms with Crippen LogP contribution in [0.1, 0.15) is 24.1 Å². The Hall–Kier alpha value is -3.39. The Labute approximate surface area is 185 Å². The van der Waals surface area contributed by atoms with E-state index in [1.54, 1.807) is 31.2 Å². The van der Waals surface area contributed by atoms with Crippen molar-refractivity contribution < 1.29 is 23.8 Å². The number of hydrogen-bond donors (Lipinski definition) is 3. The van der Waals surface area contributed by atoms with Gasteiger partial charge >= 0.3 is 6.03 Å². The van der Waals surface area contributed by atoms with Crippen LogP contribution in [-0.2, 0) is 4.79 Å². The zero-order valence-corrected chi connectivity index (χ0v) is 18.6. The highest BCUT2D eigenvalue weighted by Crippen LogP contribution is 2.41. The van der Waals surface area contributed by atoms with Crippen LogP contribution in [0.25, 0.3) is 0 Å². The molecular weight excluding hydrogens is 422 g/mol. The van der Waals surface area contributed by atoms with Crippen molar-refractivity contribution >= 4 is 29.2 Å². The summed E-state index contributed by atoms with van der Waals surface area (Å²) in [5, 5.41) is 8.84. The second kappa shape index (κ2) is 9.18. The Morgan fingerprint density at radius 2 is 1.68 bits per heavy atom. The number of methoxy groups -OCH3 is 3. The van der Waals surface area contributed by atoms with Crippen LogP contribution in [0.15, 0.2) is 41.6 Å². The van der Waals surface area contributed by atoms with Crippen LogP contribution in [-0.4, -0.2) is 33.3 Å². The van der Waals surface area contributed by atoms with Gasteiger partial charge in [0, 0.05) is 16.4 Å². The molecule has 0 unspecified atom stereocenters. The van der Waals surface area contributed by atoms with Gasteiger partial charge in [-0.1, -0.05) is 17.7 Å². The van der Waals surface area contributed by atoms with E-state index in [2.05, 4.69) is 16.0 Å². The maximum absolute atomic E-state index is 13.3. The zero-order valence-electron chi connectivity index (χ0n) is 17.9. The summed E-state index contributed by atoms with van der Waals surface area (Å²) in [6, 6.07) is 7.46. The Kier molecular flexibility index (Phi) is 6.60. The molecule has 1 atom stereocenters. The second-order valence-corrected chi connectivity index (χ2v) is 7.38. The number of benzene rings is 2. The van der Waals surface area contributed by atoms with E-state index in [1.165, 1.54) is 21.3 Å². The van der Waals surface area contributed by atoms with Gasteiger partial charge in [0.1, 0.15) is 0 Å². The molecule has 3 amide bonds. The highest BCUT2D eigenvalue weighted by atomic mass is 35.5. The molecule has 0 aromatic heterocycles. The summed E-state index contributed by atoms with van der Waals surface area (Å²) in [6.45, 7) is 3.54. The maximum Gasteiger partial charge on any atom is 0.319 e. The predicted octanol–water partition coefficient (Wildman–Crippen LogP) is 3.94. The van der Waals surface area contributed by atoms with Gasteiger partial charge in [0.15, 0.2) is 11.5 Å². The first-order valence-electron chi connectivity index (χ1n) is 9.44. The first-order chi connectivity index (χ1) is 14.8. The highest BCUT2D eigenvalue weighted by molar-refractivity contribution is 6.31. The van der Waals surface area contributed by atoms with Gasteiger partial charge in [-0.15, -0.1) is 0 Å². The molecule has 0 aliphatic carbocycles. The molecule has 3 rings (SSSR count). The molecule has 2 aromatic rings. The normalized spacial score (nSPS) is 15.7. The molecule has 164 valence electrons. The predicted molar refractivity (Wildman–Crippen MR) is 118 cm³/mol. The van der Waals surface area contributed by atoms with Gasteiger partial charge in [0.05, 0.1) is 32.9 Å².